The van der Waals surface area contributed by atoms with E-state index < -0.39 is 26.4 Å². The summed E-state index contributed by atoms with van der Waals surface area (Å²) in [5, 5.41) is 2.44. The summed E-state index contributed by atoms with van der Waals surface area (Å²) in [6, 6.07) is 4.82. The Hall–Kier alpha value is -2.62. The quantitative estimate of drug-likeness (QED) is 0.853. The molecule has 0 aliphatic carbocycles. The Labute approximate surface area is 149 Å². The van der Waals surface area contributed by atoms with E-state index in [0.29, 0.717) is 5.95 Å². The van der Waals surface area contributed by atoms with Crippen molar-refractivity contribution < 1.29 is 22.0 Å². The molecule has 1 aromatic heterocycles. The zero-order valence-corrected chi connectivity index (χ0v) is 14.4. The van der Waals surface area contributed by atoms with Crippen LogP contribution < -0.4 is 10.2 Å². The Balaban J connectivity index is 1.80. The molecule has 1 aromatic carbocycles. The first-order valence-corrected chi connectivity index (χ1v) is 9.43. The van der Waals surface area contributed by atoms with Crippen LogP contribution in [-0.4, -0.2) is 43.1 Å². The van der Waals surface area contributed by atoms with Crippen LogP contribution >= 0.6 is 0 Å². The zero-order valence-electron chi connectivity index (χ0n) is 13.6. The first-order valence-electron chi connectivity index (χ1n) is 7.89. The summed E-state index contributed by atoms with van der Waals surface area (Å²) < 4.78 is 49.1. The van der Waals surface area contributed by atoms with E-state index in [1.165, 1.54) is 30.6 Å². The summed E-state index contributed by atoms with van der Waals surface area (Å²) in [5.41, 5.74) is -0.126. The van der Waals surface area contributed by atoms with Crippen LogP contribution in [-0.2, 0) is 9.84 Å². The number of alkyl halides is 2. The lowest BCUT2D eigenvalue weighted by molar-refractivity contribution is 0.102. The number of anilines is 2. The average Bonchev–Trinajstić information content (AvgIpc) is 3.17. The number of sulfone groups is 1. The molecular weight excluding hydrogens is 366 g/mol. The number of carbonyl (C=O) groups excluding carboxylic acids is 1. The van der Waals surface area contributed by atoms with Crippen LogP contribution in [0.3, 0.4) is 0 Å². The second-order valence-electron chi connectivity index (χ2n) is 5.72. The lowest BCUT2D eigenvalue weighted by Gasteiger charge is -2.15. The molecule has 10 heteroatoms. The molecule has 1 fully saturated rings. The first kappa shape index (κ1) is 18.2. The number of amides is 1. The molecule has 0 bridgehead atoms. The molecule has 0 unspecified atom stereocenters. The summed E-state index contributed by atoms with van der Waals surface area (Å²) in [6.07, 6.45) is 4.92. The van der Waals surface area contributed by atoms with Crippen LogP contribution in [0.1, 0.15) is 23.2 Å². The summed E-state index contributed by atoms with van der Waals surface area (Å²) in [4.78, 5) is 22.0. The van der Waals surface area contributed by atoms with Crippen molar-refractivity contribution in [2.75, 3.05) is 23.3 Å². The summed E-state index contributed by atoms with van der Waals surface area (Å²) in [6.45, 7) is 1.73. The number of halogens is 2. The van der Waals surface area contributed by atoms with Crippen LogP contribution in [0, 0.1) is 0 Å². The number of nitrogens with zero attached hydrogens (tertiary/aromatic N) is 3. The molecule has 0 saturated carbocycles. The van der Waals surface area contributed by atoms with Crippen molar-refractivity contribution in [3.63, 3.8) is 0 Å². The van der Waals surface area contributed by atoms with Crippen molar-refractivity contribution >= 4 is 27.4 Å². The molecule has 2 heterocycles. The van der Waals surface area contributed by atoms with Crippen molar-refractivity contribution in [3.05, 3.63) is 42.2 Å². The number of hydrogen-bond acceptors (Lipinski definition) is 6. The van der Waals surface area contributed by atoms with E-state index >= 15 is 0 Å². The van der Waals surface area contributed by atoms with Gasteiger partial charge in [-0.3, -0.25) is 4.79 Å². The van der Waals surface area contributed by atoms with Gasteiger partial charge in [0.25, 0.3) is 5.91 Å². The van der Waals surface area contributed by atoms with Crippen LogP contribution in [0.15, 0.2) is 41.6 Å². The smallest absolute Gasteiger partial charge is 0.341 e. The van der Waals surface area contributed by atoms with E-state index in [4.69, 9.17) is 0 Å². The number of nitrogens with one attached hydrogen (secondary N) is 1. The molecule has 1 saturated heterocycles. The molecule has 3 rings (SSSR count). The van der Waals surface area contributed by atoms with Gasteiger partial charge in [0.15, 0.2) is 0 Å². The Morgan fingerprint density at radius 2 is 1.73 bits per heavy atom. The van der Waals surface area contributed by atoms with Crippen molar-refractivity contribution in [2.45, 2.75) is 23.5 Å². The van der Waals surface area contributed by atoms with Crippen LogP contribution in [0.25, 0.3) is 0 Å². The fraction of sp³-hybridized carbons (Fsp3) is 0.312. The third-order valence-corrected chi connectivity index (χ3v) is 5.40. The molecule has 1 aliphatic heterocycles. The second kappa shape index (κ2) is 7.32. The van der Waals surface area contributed by atoms with Crippen LogP contribution in [0.2, 0.25) is 0 Å². The zero-order chi connectivity index (χ0) is 18.7. The first-order chi connectivity index (χ1) is 12.4. The van der Waals surface area contributed by atoms with Gasteiger partial charge in [-0.15, -0.1) is 0 Å². The minimum Gasteiger partial charge on any atom is -0.341 e. The molecule has 2 aromatic rings. The largest absolute Gasteiger partial charge is 0.341 e. The Morgan fingerprint density at radius 3 is 2.35 bits per heavy atom. The standard InChI is InChI=1S/C16H16F2N4O3S/c17-15(18)26(24,25)13-6-2-1-5-12(13)14(23)21-11-9-19-16(20-10-11)22-7-3-4-8-22/h1-2,5-6,9-10,15H,3-4,7-8H2,(H,21,23). The fourth-order valence-corrected chi connectivity index (χ4v) is 3.59. The van der Waals surface area contributed by atoms with Crippen molar-refractivity contribution in [1.29, 1.82) is 0 Å². The molecule has 1 amide bonds. The van der Waals surface area contributed by atoms with E-state index in [1.807, 2.05) is 4.90 Å². The van der Waals surface area contributed by atoms with Gasteiger partial charge in [0.05, 0.1) is 28.5 Å². The molecule has 0 atom stereocenters. The minimum absolute atomic E-state index is 0.238. The highest BCUT2D eigenvalue weighted by Gasteiger charge is 2.30. The van der Waals surface area contributed by atoms with E-state index in [-0.39, 0.29) is 11.3 Å². The van der Waals surface area contributed by atoms with Crippen LogP contribution in [0.4, 0.5) is 20.4 Å². The highest BCUT2D eigenvalue weighted by atomic mass is 32.2. The van der Waals surface area contributed by atoms with Gasteiger partial charge in [-0.1, -0.05) is 12.1 Å². The number of benzene rings is 1. The molecule has 26 heavy (non-hydrogen) atoms. The molecule has 0 radical (unpaired) electrons. The van der Waals surface area contributed by atoms with Gasteiger partial charge in [0, 0.05) is 13.1 Å². The Bertz CT molecular complexity index is 898. The molecule has 138 valence electrons. The van der Waals surface area contributed by atoms with Gasteiger partial charge < -0.3 is 10.2 Å². The topological polar surface area (TPSA) is 92.3 Å². The monoisotopic (exact) mass is 382 g/mol. The maximum Gasteiger partial charge on any atom is 0.341 e. The predicted octanol–water partition coefficient (Wildman–Crippen LogP) is 2.33. The molecule has 7 nitrogen and oxygen atoms in total. The summed E-state index contributed by atoms with van der Waals surface area (Å²) >= 11 is 0. The second-order valence-corrected chi connectivity index (χ2v) is 7.61. The van der Waals surface area contributed by atoms with E-state index in [0.717, 1.165) is 32.0 Å². The van der Waals surface area contributed by atoms with E-state index in [1.54, 1.807) is 0 Å². The van der Waals surface area contributed by atoms with Crippen LogP contribution in [0.5, 0.6) is 0 Å². The normalized spacial score (nSPS) is 14.7. The third kappa shape index (κ3) is 3.64. The maximum absolute atomic E-state index is 12.8. The van der Waals surface area contributed by atoms with E-state index in [9.17, 15) is 22.0 Å². The maximum atomic E-state index is 12.8. The highest BCUT2D eigenvalue weighted by molar-refractivity contribution is 7.91. The van der Waals surface area contributed by atoms with Gasteiger partial charge in [-0.05, 0) is 25.0 Å². The van der Waals surface area contributed by atoms with Gasteiger partial charge in [0.2, 0.25) is 15.8 Å². The Kier molecular flexibility index (Phi) is 5.12. The lowest BCUT2D eigenvalue weighted by atomic mass is 10.2. The van der Waals surface area contributed by atoms with Gasteiger partial charge in [0.1, 0.15) is 0 Å². The van der Waals surface area contributed by atoms with Crippen molar-refractivity contribution in [1.82, 2.24) is 9.97 Å². The van der Waals surface area contributed by atoms with E-state index in [2.05, 4.69) is 15.3 Å². The molecule has 0 spiro atoms. The van der Waals surface area contributed by atoms with Crippen molar-refractivity contribution in [2.24, 2.45) is 0 Å². The number of carbonyl (C=O) groups is 1. The summed E-state index contributed by atoms with van der Waals surface area (Å²) in [7, 11) is -4.89. The van der Waals surface area contributed by atoms with Crippen molar-refractivity contribution in [3.8, 4) is 0 Å². The predicted molar refractivity (Wildman–Crippen MR) is 91.1 cm³/mol. The third-order valence-electron chi connectivity index (χ3n) is 3.96. The highest BCUT2D eigenvalue weighted by Crippen LogP contribution is 2.23. The molecule has 1 aliphatic rings. The number of hydrogen-bond donors (Lipinski definition) is 1. The number of aromatic nitrogens is 2. The molecule has 1 N–H and O–H groups in total. The van der Waals surface area contributed by atoms with Gasteiger partial charge in [-0.25, -0.2) is 18.4 Å². The number of rotatable bonds is 5. The molecular formula is C16H16F2N4O3S. The van der Waals surface area contributed by atoms with Gasteiger partial charge >= 0.3 is 5.76 Å². The average molecular weight is 382 g/mol. The fourth-order valence-electron chi connectivity index (χ4n) is 2.66. The summed E-state index contributed by atoms with van der Waals surface area (Å²) in [5.74, 6) is -3.90. The minimum atomic E-state index is -4.89. The van der Waals surface area contributed by atoms with Gasteiger partial charge in [-0.2, -0.15) is 8.78 Å². The lowest BCUT2D eigenvalue weighted by Crippen LogP contribution is -2.21. The SMILES string of the molecule is O=C(Nc1cnc(N2CCCC2)nc1)c1ccccc1S(=O)(=O)C(F)F. The Morgan fingerprint density at radius 1 is 1.12 bits per heavy atom.